The molecule has 0 bridgehead atoms. The molecule has 0 radical (unpaired) electrons. The quantitative estimate of drug-likeness (QED) is 0.286. The van der Waals surface area contributed by atoms with E-state index in [9.17, 15) is 9.46 Å². The van der Waals surface area contributed by atoms with Gasteiger partial charge in [0.25, 0.3) is 0 Å². The molecule has 0 saturated heterocycles. The van der Waals surface area contributed by atoms with Crippen molar-refractivity contribution in [3.63, 3.8) is 0 Å². The number of rotatable bonds is 11. The first-order valence-electron chi connectivity index (χ1n) is 7.59. The number of hydrogen-bond donors (Lipinski definition) is 1. The van der Waals surface area contributed by atoms with Crippen molar-refractivity contribution in [3.05, 3.63) is 42.5 Å². The van der Waals surface area contributed by atoms with Gasteiger partial charge in [-0.1, -0.05) is 41.1 Å². The Morgan fingerprint density at radius 1 is 0.958 bits per heavy atom. The highest BCUT2D eigenvalue weighted by atomic mass is 31.2. The van der Waals surface area contributed by atoms with E-state index in [2.05, 4.69) is 4.67 Å². The topological polar surface area (TPSA) is 83.5 Å². The molecule has 8 heteroatoms. The summed E-state index contributed by atoms with van der Waals surface area (Å²) in [4.78, 5) is 14.6. The summed E-state index contributed by atoms with van der Waals surface area (Å²) in [6, 6.07) is 12.7. The van der Waals surface area contributed by atoms with E-state index in [-0.39, 0.29) is 13.2 Å². The summed E-state index contributed by atoms with van der Waals surface area (Å²) in [5, 5.41) is 1.69. The maximum Gasteiger partial charge on any atom is 0.508 e. The van der Waals surface area contributed by atoms with E-state index in [4.69, 9.17) is 18.9 Å². The van der Waals surface area contributed by atoms with Gasteiger partial charge in [0.1, 0.15) is 0 Å². The summed E-state index contributed by atoms with van der Waals surface area (Å²) in [6.45, 7) is 3.41. The minimum absolute atomic E-state index is 0.0984. The Bertz CT molecular complexity index is 671. The fraction of sp³-hybridized carbons (Fsp3) is 0.375. The largest absolute Gasteiger partial charge is 0.508 e. The Hall–Kier alpha value is -1.47. The van der Waals surface area contributed by atoms with Crippen LogP contribution in [0.2, 0.25) is 0 Å². The normalized spacial score (nSPS) is 13.8. The fourth-order valence-electron chi connectivity index (χ4n) is 1.95. The van der Waals surface area contributed by atoms with E-state index in [1.165, 1.54) is 0 Å². The number of ether oxygens (including phenoxy) is 2. The molecule has 1 unspecified atom stereocenters. The van der Waals surface area contributed by atoms with Crippen molar-refractivity contribution in [2.24, 2.45) is 0 Å². The van der Waals surface area contributed by atoms with E-state index >= 15 is 0 Å². The van der Waals surface area contributed by atoms with Gasteiger partial charge in [0.05, 0.1) is 26.4 Å². The molecular formula is C16H21O7P. The lowest BCUT2D eigenvalue weighted by Gasteiger charge is -2.12. The summed E-state index contributed by atoms with van der Waals surface area (Å²) in [6.07, 6.45) is 0. The van der Waals surface area contributed by atoms with Crippen LogP contribution in [0.15, 0.2) is 42.5 Å². The highest BCUT2D eigenvalue weighted by Crippen LogP contribution is 2.44. The second-order valence-corrected chi connectivity index (χ2v) is 6.09. The van der Waals surface area contributed by atoms with Crippen molar-refractivity contribution in [1.29, 1.82) is 0 Å². The molecule has 7 nitrogen and oxygen atoms in total. The minimum Gasteiger partial charge on any atom is -0.379 e. The van der Waals surface area contributed by atoms with Crippen LogP contribution in [0.5, 0.6) is 5.75 Å². The molecule has 0 fully saturated rings. The molecule has 2 rings (SSSR count). The van der Waals surface area contributed by atoms with E-state index in [1.807, 2.05) is 37.3 Å². The van der Waals surface area contributed by atoms with Crippen molar-refractivity contribution >= 4 is 18.6 Å². The zero-order valence-corrected chi connectivity index (χ0v) is 14.3. The summed E-state index contributed by atoms with van der Waals surface area (Å²) >= 11 is 0. The van der Waals surface area contributed by atoms with Crippen molar-refractivity contribution in [2.45, 2.75) is 6.92 Å². The molecule has 0 spiro atoms. The molecule has 0 saturated carbocycles. The van der Waals surface area contributed by atoms with Gasteiger partial charge in [0.15, 0.2) is 5.75 Å². The third-order valence-corrected chi connectivity index (χ3v) is 3.80. The molecule has 0 aliphatic rings. The van der Waals surface area contributed by atoms with Gasteiger partial charge in [-0.2, -0.15) is 0 Å². The molecule has 0 aromatic heterocycles. The molecule has 0 heterocycles. The van der Waals surface area contributed by atoms with Crippen LogP contribution in [-0.2, 0) is 23.2 Å². The van der Waals surface area contributed by atoms with Crippen LogP contribution < -0.4 is 4.89 Å². The molecular weight excluding hydrogens is 335 g/mol. The molecule has 132 valence electrons. The monoisotopic (exact) mass is 356 g/mol. The van der Waals surface area contributed by atoms with Gasteiger partial charge in [-0.05, 0) is 18.4 Å². The standard InChI is InChI=1S/C16H21O7P/c1-2-19-10-11-20-12-13-21-24(17,18)23-22-16-9-5-7-14-6-3-4-8-15(14)16/h3-9H,2,10-13H2,1H3,(H,17,18). The van der Waals surface area contributed by atoms with Crippen LogP contribution in [0.4, 0.5) is 0 Å². The SMILES string of the molecule is CCOCCOCCOP(=O)(O)OOc1cccc2ccccc12. The van der Waals surface area contributed by atoms with Crippen molar-refractivity contribution in [2.75, 3.05) is 33.0 Å². The van der Waals surface area contributed by atoms with Crippen LogP contribution >= 0.6 is 7.82 Å². The van der Waals surface area contributed by atoms with E-state index in [0.29, 0.717) is 25.6 Å². The molecule has 24 heavy (non-hydrogen) atoms. The average molecular weight is 356 g/mol. The van der Waals surface area contributed by atoms with Crippen LogP contribution in [0, 0.1) is 0 Å². The number of phosphoric acid groups is 1. The highest BCUT2D eigenvalue weighted by molar-refractivity contribution is 7.47. The zero-order valence-electron chi connectivity index (χ0n) is 13.4. The summed E-state index contributed by atoms with van der Waals surface area (Å²) < 4.78 is 31.4. The number of benzene rings is 2. The molecule has 1 N–H and O–H groups in total. The molecule has 1 atom stereocenters. The lowest BCUT2D eigenvalue weighted by Crippen LogP contribution is -2.09. The van der Waals surface area contributed by atoms with Gasteiger partial charge in [-0.15, -0.1) is 0 Å². The second kappa shape index (κ2) is 9.74. The number of fused-ring (bicyclic) bond motifs is 1. The van der Waals surface area contributed by atoms with E-state index in [1.54, 1.807) is 12.1 Å². The first-order valence-corrected chi connectivity index (χ1v) is 9.09. The molecule has 2 aromatic carbocycles. The second-order valence-electron chi connectivity index (χ2n) is 4.75. The van der Waals surface area contributed by atoms with Gasteiger partial charge >= 0.3 is 7.82 Å². The molecule has 0 aliphatic heterocycles. The number of phosphoric ester groups is 1. The van der Waals surface area contributed by atoms with Crippen LogP contribution in [0.1, 0.15) is 6.92 Å². The third kappa shape index (κ3) is 6.20. The van der Waals surface area contributed by atoms with Crippen molar-refractivity contribution < 1.29 is 33.0 Å². The maximum atomic E-state index is 11.8. The van der Waals surface area contributed by atoms with Gasteiger partial charge in [0, 0.05) is 12.0 Å². The molecule has 0 amide bonds. The average Bonchev–Trinajstić information content (AvgIpc) is 2.59. The highest BCUT2D eigenvalue weighted by Gasteiger charge is 2.23. The predicted octanol–water partition coefficient (Wildman–Crippen LogP) is 3.32. The third-order valence-electron chi connectivity index (χ3n) is 3.03. The maximum absolute atomic E-state index is 11.8. The smallest absolute Gasteiger partial charge is 0.379 e. The Labute approximate surface area is 140 Å². The predicted molar refractivity (Wildman–Crippen MR) is 88.8 cm³/mol. The Kier molecular flexibility index (Phi) is 7.65. The molecule has 2 aromatic rings. The minimum atomic E-state index is -4.33. The Morgan fingerprint density at radius 2 is 1.67 bits per heavy atom. The summed E-state index contributed by atoms with van der Waals surface area (Å²) in [5.74, 6) is 0.332. The van der Waals surface area contributed by atoms with Gasteiger partial charge in [-0.3, -0.25) is 4.52 Å². The lowest BCUT2D eigenvalue weighted by atomic mass is 10.1. The van der Waals surface area contributed by atoms with Crippen LogP contribution in [0.3, 0.4) is 0 Å². The van der Waals surface area contributed by atoms with E-state index < -0.39 is 7.82 Å². The van der Waals surface area contributed by atoms with Gasteiger partial charge in [-0.25, -0.2) is 4.57 Å². The zero-order chi connectivity index (χ0) is 17.3. The molecule has 0 aliphatic carbocycles. The Balaban J connectivity index is 1.76. The lowest BCUT2D eigenvalue weighted by molar-refractivity contribution is -0.127. The fourth-order valence-corrected chi connectivity index (χ4v) is 2.48. The van der Waals surface area contributed by atoms with E-state index in [0.717, 1.165) is 10.8 Å². The van der Waals surface area contributed by atoms with Crippen LogP contribution in [0.25, 0.3) is 10.8 Å². The van der Waals surface area contributed by atoms with Gasteiger partial charge < -0.3 is 19.3 Å². The summed E-state index contributed by atoms with van der Waals surface area (Å²) in [7, 11) is -4.33. The number of hydrogen-bond acceptors (Lipinski definition) is 6. The summed E-state index contributed by atoms with van der Waals surface area (Å²) in [5.41, 5.74) is 0. The van der Waals surface area contributed by atoms with Crippen molar-refractivity contribution in [1.82, 2.24) is 0 Å². The van der Waals surface area contributed by atoms with Gasteiger partial charge in [0.2, 0.25) is 0 Å². The Morgan fingerprint density at radius 3 is 2.50 bits per heavy atom. The van der Waals surface area contributed by atoms with Crippen molar-refractivity contribution in [3.8, 4) is 5.75 Å². The first-order chi connectivity index (χ1) is 11.6. The van der Waals surface area contributed by atoms with Crippen LogP contribution in [-0.4, -0.2) is 37.9 Å². The first kappa shape index (κ1) is 18.9.